The summed E-state index contributed by atoms with van der Waals surface area (Å²) < 4.78 is 34.6. The lowest BCUT2D eigenvalue weighted by molar-refractivity contribution is -0.140. The van der Waals surface area contributed by atoms with Crippen LogP contribution in [0.3, 0.4) is 0 Å². The predicted molar refractivity (Wildman–Crippen MR) is 178 cm³/mol. The van der Waals surface area contributed by atoms with E-state index in [1.807, 2.05) is 44.2 Å². The van der Waals surface area contributed by atoms with Gasteiger partial charge in [0.1, 0.15) is 18.3 Å². The van der Waals surface area contributed by atoms with Gasteiger partial charge in [-0.25, -0.2) is 8.42 Å². The van der Waals surface area contributed by atoms with Gasteiger partial charge in [0, 0.05) is 30.6 Å². The first-order valence-electron chi connectivity index (χ1n) is 14.7. The molecule has 1 atom stereocenters. The second kappa shape index (κ2) is 15.6. The van der Waals surface area contributed by atoms with E-state index < -0.39 is 28.5 Å². The maximum absolute atomic E-state index is 14.5. The van der Waals surface area contributed by atoms with E-state index in [0.717, 1.165) is 15.4 Å². The van der Waals surface area contributed by atoms with Crippen LogP contribution in [0.2, 0.25) is 5.02 Å². The molecule has 0 radical (unpaired) electrons. The Morgan fingerprint density at radius 3 is 2.11 bits per heavy atom. The maximum atomic E-state index is 14.5. The fraction of sp³-hybridized carbons (Fsp3) is 0.257. The smallest absolute Gasteiger partial charge is 0.264 e. The Kier molecular flexibility index (Phi) is 11.6. The van der Waals surface area contributed by atoms with Crippen LogP contribution in [0.4, 0.5) is 5.69 Å². The average molecular weight is 648 g/mol. The first-order chi connectivity index (χ1) is 21.6. The van der Waals surface area contributed by atoms with Gasteiger partial charge in [0.05, 0.1) is 17.7 Å². The summed E-state index contributed by atoms with van der Waals surface area (Å²) in [5.74, 6) is -0.255. The molecule has 8 nitrogen and oxygen atoms in total. The molecule has 10 heteroatoms. The van der Waals surface area contributed by atoms with Crippen LogP contribution >= 0.6 is 11.6 Å². The van der Waals surface area contributed by atoms with Gasteiger partial charge in [-0.15, -0.1) is 0 Å². The lowest BCUT2D eigenvalue weighted by atomic mass is 10.0. The molecule has 0 aliphatic heterocycles. The van der Waals surface area contributed by atoms with Gasteiger partial charge in [-0.3, -0.25) is 13.9 Å². The van der Waals surface area contributed by atoms with Crippen molar-refractivity contribution in [2.45, 2.75) is 37.8 Å². The fourth-order valence-electron chi connectivity index (χ4n) is 4.78. The molecule has 4 aromatic carbocycles. The molecule has 0 unspecified atom stereocenters. The van der Waals surface area contributed by atoms with Gasteiger partial charge in [-0.05, 0) is 53.4 Å². The molecule has 0 aliphatic rings. The average Bonchev–Trinajstić information content (AvgIpc) is 3.05. The predicted octanol–water partition coefficient (Wildman–Crippen LogP) is 5.96. The number of benzene rings is 4. The second-order valence-electron chi connectivity index (χ2n) is 11.0. The van der Waals surface area contributed by atoms with E-state index >= 15 is 0 Å². The molecule has 2 amide bonds. The number of hydrogen-bond acceptors (Lipinski definition) is 5. The number of sulfonamides is 1. The Morgan fingerprint density at radius 1 is 0.844 bits per heavy atom. The normalized spacial score (nSPS) is 11.9. The molecule has 0 fully saturated rings. The van der Waals surface area contributed by atoms with Crippen LogP contribution in [0.1, 0.15) is 25.0 Å². The zero-order valence-corrected chi connectivity index (χ0v) is 27.2. The summed E-state index contributed by atoms with van der Waals surface area (Å²) in [7, 11) is -2.72. The SMILES string of the molecule is COc1cccc(N(CC(=O)N(Cc2ccc(Cl)cc2)[C@H](Cc2ccccc2)C(=O)NCC(C)C)S(=O)(=O)c2ccccc2)c1. The molecule has 0 aromatic heterocycles. The largest absolute Gasteiger partial charge is 0.497 e. The number of halogens is 1. The lowest BCUT2D eigenvalue weighted by Gasteiger charge is -2.34. The molecule has 0 heterocycles. The Balaban J connectivity index is 1.80. The molecular weight excluding hydrogens is 610 g/mol. The number of nitrogens with zero attached hydrogens (tertiary/aromatic N) is 2. The van der Waals surface area contributed by atoms with Crippen molar-refractivity contribution in [1.82, 2.24) is 10.2 Å². The number of amides is 2. The molecule has 0 saturated heterocycles. The van der Waals surface area contributed by atoms with Crippen molar-refractivity contribution in [1.29, 1.82) is 0 Å². The van der Waals surface area contributed by atoms with Crippen LogP contribution < -0.4 is 14.4 Å². The van der Waals surface area contributed by atoms with Crippen LogP contribution in [0, 0.1) is 5.92 Å². The zero-order chi connectivity index (χ0) is 32.4. The highest BCUT2D eigenvalue weighted by molar-refractivity contribution is 7.92. The van der Waals surface area contributed by atoms with E-state index in [9.17, 15) is 18.0 Å². The molecule has 4 rings (SSSR count). The Labute approximate surface area is 270 Å². The van der Waals surface area contributed by atoms with Crippen molar-refractivity contribution in [2.24, 2.45) is 5.92 Å². The van der Waals surface area contributed by atoms with Gasteiger partial charge in [0.15, 0.2) is 0 Å². The monoisotopic (exact) mass is 647 g/mol. The van der Waals surface area contributed by atoms with Crippen molar-refractivity contribution in [3.63, 3.8) is 0 Å². The third kappa shape index (κ3) is 9.09. The molecule has 0 aliphatic carbocycles. The molecule has 0 spiro atoms. The highest BCUT2D eigenvalue weighted by Gasteiger charge is 2.34. The van der Waals surface area contributed by atoms with E-state index in [1.54, 1.807) is 66.7 Å². The van der Waals surface area contributed by atoms with E-state index in [1.165, 1.54) is 24.1 Å². The minimum atomic E-state index is -4.20. The van der Waals surface area contributed by atoms with Gasteiger partial charge in [-0.1, -0.05) is 92.2 Å². The van der Waals surface area contributed by atoms with Crippen LogP contribution in [0.5, 0.6) is 5.75 Å². The molecule has 236 valence electrons. The Morgan fingerprint density at radius 2 is 1.49 bits per heavy atom. The number of rotatable bonds is 14. The highest BCUT2D eigenvalue weighted by Crippen LogP contribution is 2.28. The zero-order valence-electron chi connectivity index (χ0n) is 25.6. The first-order valence-corrected chi connectivity index (χ1v) is 16.5. The molecule has 0 bridgehead atoms. The summed E-state index contributed by atoms with van der Waals surface area (Å²) in [4.78, 5) is 29.8. The number of anilines is 1. The maximum Gasteiger partial charge on any atom is 0.264 e. The van der Waals surface area contributed by atoms with E-state index in [4.69, 9.17) is 16.3 Å². The minimum absolute atomic E-state index is 0.0281. The van der Waals surface area contributed by atoms with Crippen LogP contribution in [-0.4, -0.2) is 51.4 Å². The summed E-state index contributed by atoms with van der Waals surface area (Å²) in [5, 5.41) is 3.52. The number of nitrogens with one attached hydrogen (secondary N) is 1. The van der Waals surface area contributed by atoms with Gasteiger partial charge >= 0.3 is 0 Å². The summed E-state index contributed by atoms with van der Waals surface area (Å²) in [5.41, 5.74) is 1.85. The standard InChI is InChI=1S/C35H38ClN3O5S/c1-26(2)23-37-35(41)33(21-27-11-6-4-7-12-27)38(24-28-17-19-29(36)20-18-28)34(40)25-39(30-13-10-14-31(22-30)44-3)45(42,43)32-15-8-5-9-16-32/h4-20,22,26,33H,21,23-25H2,1-3H3,(H,37,41)/t33-/m1/s1. The van der Waals surface area contributed by atoms with E-state index in [-0.39, 0.29) is 35.4 Å². The minimum Gasteiger partial charge on any atom is -0.497 e. The summed E-state index contributed by atoms with van der Waals surface area (Å²) in [6, 6.07) is 30.0. The van der Waals surface area contributed by atoms with Crippen molar-refractivity contribution >= 4 is 39.1 Å². The van der Waals surface area contributed by atoms with Crippen LogP contribution in [0.25, 0.3) is 0 Å². The highest BCUT2D eigenvalue weighted by atomic mass is 35.5. The van der Waals surface area contributed by atoms with Crippen LogP contribution in [0.15, 0.2) is 114 Å². The van der Waals surface area contributed by atoms with Crippen molar-refractivity contribution in [3.05, 3.63) is 125 Å². The Hall–Kier alpha value is -4.34. The van der Waals surface area contributed by atoms with Gasteiger partial charge in [0.25, 0.3) is 10.0 Å². The number of carbonyl (C=O) groups excluding carboxylic acids is 2. The number of methoxy groups -OCH3 is 1. The molecule has 1 N–H and O–H groups in total. The van der Waals surface area contributed by atoms with E-state index in [2.05, 4.69) is 5.32 Å². The number of carbonyl (C=O) groups is 2. The fourth-order valence-corrected chi connectivity index (χ4v) is 6.33. The molecular formula is C35H38ClN3O5S. The Bertz CT molecular complexity index is 1670. The third-order valence-electron chi connectivity index (χ3n) is 7.17. The molecule has 0 saturated carbocycles. The number of ether oxygens (including phenoxy) is 1. The second-order valence-corrected chi connectivity index (χ2v) is 13.3. The van der Waals surface area contributed by atoms with Crippen molar-refractivity contribution in [3.8, 4) is 5.75 Å². The summed E-state index contributed by atoms with van der Waals surface area (Å²) in [6.07, 6.45) is 0.231. The summed E-state index contributed by atoms with van der Waals surface area (Å²) >= 11 is 6.14. The van der Waals surface area contributed by atoms with Crippen LogP contribution in [-0.2, 0) is 32.6 Å². The molecule has 45 heavy (non-hydrogen) atoms. The first kappa shape index (κ1) is 33.6. The quantitative estimate of drug-likeness (QED) is 0.182. The summed E-state index contributed by atoms with van der Waals surface area (Å²) in [6.45, 7) is 3.90. The number of hydrogen-bond donors (Lipinski definition) is 1. The topological polar surface area (TPSA) is 96.0 Å². The van der Waals surface area contributed by atoms with Gasteiger partial charge in [0.2, 0.25) is 11.8 Å². The molecule has 4 aromatic rings. The lowest BCUT2D eigenvalue weighted by Crippen LogP contribution is -2.53. The van der Waals surface area contributed by atoms with Crippen molar-refractivity contribution < 1.29 is 22.7 Å². The van der Waals surface area contributed by atoms with Crippen molar-refractivity contribution in [2.75, 3.05) is 24.5 Å². The van der Waals surface area contributed by atoms with E-state index in [0.29, 0.717) is 17.3 Å². The van der Waals surface area contributed by atoms with Gasteiger partial charge in [-0.2, -0.15) is 0 Å². The third-order valence-corrected chi connectivity index (χ3v) is 9.21. The van der Waals surface area contributed by atoms with Gasteiger partial charge < -0.3 is 15.0 Å².